The Labute approximate surface area is 171 Å². The summed E-state index contributed by atoms with van der Waals surface area (Å²) in [7, 11) is 0. The van der Waals surface area contributed by atoms with Gasteiger partial charge in [-0.3, -0.25) is 4.79 Å². The molecular weight excluding hydrogens is 368 g/mol. The van der Waals surface area contributed by atoms with Crippen LogP contribution in [-0.2, 0) is 17.8 Å². The predicted molar refractivity (Wildman–Crippen MR) is 113 cm³/mol. The molecule has 156 valence electrons. The van der Waals surface area contributed by atoms with E-state index in [0.29, 0.717) is 17.8 Å². The lowest BCUT2D eigenvalue weighted by atomic mass is 10.1. The summed E-state index contributed by atoms with van der Waals surface area (Å²) in [6, 6.07) is 4.96. The molecule has 1 aliphatic heterocycles. The van der Waals surface area contributed by atoms with Crippen LogP contribution in [0.3, 0.4) is 0 Å². The van der Waals surface area contributed by atoms with E-state index >= 15 is 0 Å². The second kappa shape index (κ2) is 9.54. The van der Waals surface area contributed by atoms with Gasteiger partial charge in [0.15, 0.2) is 5.82 Å². The number of benzene rings is 1. The highest BCUT2D eigenvalue weighted by Crippen LogP contribution is 2.23. The molecule has 2 aromatic rings. The van der Waals surface area contributed by atoms with Crippen molar-refractivity contribution < 1.29 is 9.59 Å². The molecule has 0 aliphatic carbocycles. The highest BCUT2D eigenvalue weighted by Gasteiger charge is 2.22. The first kappa shape index (κ1) is 20.8. The molecule has 0 saturated carbocycles. The number of aryl methyl sites for hydroxylation is 2. The molecule has 3 rings (SSSR count). The molecule has 0 unspecified atom stereocenters. The van der Waals surface area contributed by atoms with Gasteiger partial charge < -0.3 is 20.5 Å². The Bertz CT molecular complexity index is 876. The van der Waals surface area contributed by atoms with E-state index in [1.54, 1.807) is 13.0 Å². The molecule has 1 aliphatic rings. The molecule has 0 radical (unpaired) electrons. The Kier molecular flexibility index (Phi) is 6.85. The Morgan fingerprint density at radius 2 is 1.97 bits per heavy atom. The van der Waals surface area contributed by atoms with Crippen molar-refractivity contribution in [1.82, 2.24) is 20.1 Å². The molecule has 3 amide bonds. The fraction of sp³-hybridized carbons (Fsp3) is 0.524. The van der Waals surface area contributed by atoms with E-state index in [-0.39, 0.29) is 18.0 Å². The van der Waals surface area contributed by atoms with Gasteiger partial charge in [0.05, 0.1) is 6.04 Å². The fourth-order valence-electron chi connectivity index (χ4n) is 3.51. The van der Waals surface area contributed by atoms with Crippen LogP contribution in [0.15, 0.2) is 18.2 Å². The van der Waals surface area contributed by atoms with Crippen LogP contribution in [0.1, 0.15) is 69.2 Å². The van der Waals surface area contributed by atoms with Crippen LogP contribution in [0, 0.1) is 6.92 Å². The fourth-order valence-corrected chi connectivity index (χ4v) is 3.51. The average Bonchev–Trinajstić information content (AvgIpc) is 2.96. The summed E-state index contributed by atoms with van der Waals surface area (Å²) in [5, 5.41) is 17.4. The lowest BCUT2D eigenvalue weighted by molar-refractivity contribution is -0.115. The summed E-state index contributed by atoms with van der Waals surface area (Å²) in [4.78, 5) is 24.3. The van der Waals surface area contributed by atoms with Crippen molar-refractivity contribution in [2.75, 3.05) is 10.6 Å². The van der Waals surface area contributed by atoms with Gasteiger partial charge in [-0.15, -0.1) is 10.2 Å². The molecule has 2 heterocycles. The van der Waals surface area contributed by atoms with E-state index < -0.39 is 0 Å². The number of amides is 3. The average molecular weight is 399 g/mol. The number of nitrogens with zero attached hydrogens (tertiary/aromatic N) is 3. The van der Waals surface area contributed by atoms with E-state index in [1.807, 2.05) is 26.0 Å². The van der Waals surface area contributed by atoms with Crippen molar-refractivity contribution >= 4 is 23.3 Å². The summed E-state index contributed by atoms with van der Waals surface area (Å²) < 4.78 is 2.16. The van der Waals surface area contributed by atoms with Gasteiger partial charge in [0.25, 0.3) is 0 Å². The van der Waals surface area contributed by atoms with E-state index in [2.05, 4.69) is 30.7 Å². The first-order valence-electron chi connectivity index (χ1n) is 10.4. The minimum atomic E-state index is -0.301. The van der Waals surface area contributed by atoms with Crippen molar-refractivity contribution in [3.8, 4) is 0 Å². The highest BCUT2D eigenvalue weighted by molar-refractivity contribution is 5.94. The summed E-state index contributed by atoms with van der Waals surface area (Å²) in [6.07, 6.45) is 5.49. The molecule has 0 spiro atoms. The first-order valence-corrected chi connectivity index (χ1v) is 10.4. The third kappa shape index (κ3) is 5.13. The topological polar surface area (TPSA) is 101 Å². The van der Waals surface area contributed by atoms with Gasteiger partial charge in [-0.1, -0.05) is 26.3 Å². The maximum absolute atomic E-state index is 12.7. The number of nitrogens with one attached hydrogen (secondary N) is 3. The SMILES string of the molecule is CCC(=O)Nc1ccc(C)c(NC(=O)N[C@H](CC)c2nnc3n2CCCCC3)c1. The molecule has 0 fully saturated rings. The number of carbonyl (C=O) groups excluding carboxylic acids is 2. The molecule has 8 heteroatoms. The van der Waals surface area contributed by atoms with Gasteiger partial charge in [-0.25, -0.2) is 4.79 Å². The normalized spacial score (nSPS) is 14.4. The van der Waals surface area contributed by atoms with Crippen LogP contribution in [0.2, 0.25) is 0 Å². The van der Waals surface area contributed by atoms with Crippen molar-refractivity contribution in [2.24, 2.45) is 0 Å². The lowest BCUT2D eigenvalue weighted by Gasteiger charge is -2.19. The monoisotopic (exact) mass is 398 g/mol. The third-order valence-electron chi connectivity index (χ3n) is 5.25. The second-order valence-electron chi connectivity index (χ2n) is 7.43. The smallest absolute Gasteiger partial charge is 0.319 e. The van der Waals surface area contributed by atoms with Gasteiger partial charge in [0.1, 0.15) is 5.82 Å². The zero-order chi connectivity index (χ0) is 20.8. The summed E-state index contributed by atoms with van der Waals surface area (Å²) >= 11 is 0. The number of rotatable bonds is 6. The molecule has 0 saturated heterocycles. The number of aromatic nitrogens is 3. The Morgan fingerprint density at radius 3 is 2.72 bits per heavy atom. The van der Waals surface area contributed by atoms with E-state index in [9.17, 15) is 9.59 Å². The van der Waals surface area contributed by atoms with Gasteiger partial charge in [0.2, 0.25) is 5.91 Å². The van der Waals surface area contributed by atoms with Crippen LogP contribution < -0.4 is 16.0 Å². The number of anilines is 2. The van der Waals surface area contributed by atoms with Crippen molar-refractivity contribution in [3.05, 3.63) is 35.4 Å². The van der Waals surface area contributed by atoms with Crippen LogP contribution in [-0.4, -0.2) is 26.7 Å². The number of urea groups is 1. The summed E-state index contributed by atoms with van der Waals surface area (Å²) in [6.45, 7) is 6.63. The van der Waals surface area contributed by atoms with Gasteiger partial charge in [0, 0.05) is 30.8 Å². The zero-order valence-electron chi connectivity index (χ0n) is 17.4. The quantitative estimate of drug-likeness (QED) is 0.686. The lowest BCUT2D eigenvalue weighted by Crippen LogP contribution is -2.34. The van der Waals surface area contributed by atoms with E-state index in [4.69, 9.17) is 0 Å². The van der Waals surface area contributed by atoms with Gasteiger partial charge >= 0.3 is 6.03 Å². The van der Waals surface area contributed by atoms with Gasteiger partial charge in [-0.2, -0.15) is 0 Å². The minimum Gasteiger partial charge on any atom is -0.328 e. The molecule has 1 aromatic heterocycles. The number of carbonyl (C=O) groups is 2. The molecule has 8 nitrogen and oxygen atoms in total. The maximum Gasteiger partial charge on any atom is 0.319 e. The number of hydrogen-bond acceptors (Lipinski definition) is 4. The van der Waals surface area contributed by atoms with E-state index in [1.165, 1.54) is 6.42 Å². The van der Waals surface area contributed by atoms with Crippen LogP contribution in [0.5, 0.6) is 0 Å². The van der Waals surface area contributed by atoms with Crippen LogP contribution in [0.4, 0.5) is 16.2 Å². The number of fused-ring (bicyclic) bond motifs is 1. The largest absolute Gasteiger partial charge is 0.328 e. The Morgan fingerprint density at radius 1 is 1.14 bits per heavy atom. The van der Waals surface area contributed by atoms with Crippen molar-refractivity contribution in [2.45, 2.75) is 71.9 Å². The third-order valence-corrected chi connectivity index (χ3v) is 5.25. The molecule has 1 aromatic carbocycles. The van der Waals surface area contributed by atoms with Crippen LogP contribution >= 0.6 is 0 Å². The first-order chi connectivity index (χ1) is 14.0. The van der Waals surface area contributed by atoms with Gasteiger partial charge in [-0.05, 0) is 43.9 Å². The highest BCUT2D eigenvalue weighted by atomic mass is 16.2. The summed E-state index contributed by atoms with van der Waals surface area (Å²) in [5.74, 6) is 1.76. The minimum absolute atomic E-state index is 0.0669. The molecule has 1 atom stereocenters. The standard InChI is InChI=1S/C21H30N6O2/c1-4-16(20-26-25-18-9-7-6-8-12-27(18)20)23-21(29)24-17-13-15(11-10-14(17)3)22-19(28)5-2/h10-11,13,16H,4-9,12H2,1-3H3,(H,22,28)(H2,23,24,29)/t16-/m1/s1. The summed E-state index contributed by atoms with van der Waals surface area (Å²) in [5.41, 5.74) is 2.23. The Hall–Kier alpha value is -2.90. The predicted octanol–water partition coefficient (Wildman–Crippen LogP) is 3.93. The number of hydrogen-bond donors (Lipinski definition) is 3. The van der Waals surface area contributed by atoms with E-state index in [0.717, 1.165) is 49.4 Å². The zero-order valence-corrected chi connectivity index (χ0v) is 17.4. The molecular formula is C21H30N6O2. The molecule has 29 heavy (non-hydrogen) atoms. The van der Waals surface area contributed by atoms with Crippen molar-refractivity contribution in [1.29, 1.82) is 0 Å². The van der Waals surface area contributed by atoms with Crippen LogP contribution in [0.25, 0.3) is 0 Å². The second-order valence-corrected chi connectivity index (χ2v) is 7.43. The Balaban J connectivity index is 1.70. The van der Waals surface area contributed by atoms with Crippen molar-refractivity contribution in [3.63, 3.8) is 0 Å². The molecule has 3 N–H and O–H groups in total. The molecule has 0 bridgehead atoms. The maximum atomic E-state index is 12.7.